The number of nitrogens with two attached hydrogens (primary N) is 1. The van der Waals surface area contributed by atoms with Gasteiger partial charge in [-0.2, -0.15) is 9.57 Å². The van der Waals surface area contributed by atoms with Crippen molar-refractivity contribution in [3.05, 3.63) is 28.3 Å². The maximum atomic E-state index is 12.3. The summed E-state index contributed by atoms with van der Waals surface area (Å²) in [6.07, 6.45) is 0. The molecule has 0 aliphatic rings. The lowest BCUT2D eigenvalue weighted by Crippen LogP contribution is -2.31. The zero-order valence-corrected chi connectivity index (χ0v) is 11.8. The molecule has 0 heterocycles. The molecule has 1 unspecified atom stereocenters. The van der Waals surface area contributed by atoms with E-state index in [4.69, 9.17) is 11.0 Å². The van der Waals surface area contributed by atoms with E-state index in [0.29, 0.717) is 0 Å². The molecule has 1 atom stereocenters. The molecule has 20 heavy (non-hydrogen) atoms. The number of nitriles is 1. The number of hydrogen-bond acceptors (Lipinski definition) is 6. The van der Waals surface area contributed by atoms with Crippen LogP contribution in [0.2, 0.25) is 0 Å². The zero-order valence-electron chi connectivity index (χ0n) is 11.0. The van der Waals surface area contributed by atoms with Crippen molar-refractivity contribution in [1.82, 2.24) is 4.31 Å². The summed E-state index contributed by atoms with van der Waals surface area (Å²) in [5.74, 6) is -0.525. The van der Waals surface area contributed by atoms with Gasteiger partial charge in [-0.3, -0.25) is 10.1 Å². The number of rotatable bonds is 5. The number of sulfonamides is 1. The standard InChI is InChI=1S/C11H14N4O4S/c1-8(6-12)7-14(2)20(18,19)11-4-3-9(13)5-10(11)15(16)17/h3-5,8H,7,13H2,1-2H3. The number of nitro groups is 1. The fourth-order valence-corrected chi connectivity index (χ4v) is 2.98. The molecule has 9 heteroatoms. The summed E-state index contributed by atoms with van der Waals surface area (Å²) in [5, 5.41) is 19.6. The van der Waals surface area contributed by atoms with Crippen LogP contribution in [0.1, 0.15) is 6.92 Å². The highest BCUT2D eigenvalue weighted by Crippen LogP contribution is 2.28. The Bertz CT molecular complexity index is 665. The van der Waals surface area contributed by atoms with Crippen molar-refractivity contribution in [3.8, 4) is 6.07 Å². The number of nitro benzene ring substituents is 1. The first-order valence-electron chi connectivity index (χ1n) is 5.60. The molecule has 108 valence electrons. The SMILES string of the molecule is CC(C#N)CN(C)S(=O)(=O)c1ccc(N)cc1[N+](=O)[O-]. The minimum atomic E-state index is -4.05. The molecule has 0 amide bonds. The molecule has 0 aliphatic carbocycles. The molecule has 8 nitrogen and oxygen atoms in total. The van der Waals surface area contributed by atoms with Crippen LogP contribution in [0.5, 0.6) is 0 Å². The minimum absolute atomic E-state index is 0.0552. The van der Waals surface area contributed by atoms with E-state index in [1.54, 1.807) is 6.92 Å². The average molecular weight is 298 g/mol. The third-order valence-corrected chi connectivity index (χ3v) is 4.49. The Kier molecular flexibility index (Phi) is 4.65. The first-order valence-corrected chi connectivity index (χ1v) is 7.04. The van der Waals surface area contributed by atoms with Crippen molar-refractivity contribution >= 4 is 21.4 Å². The van der Waals surface area contributed by atoms with Gasteiger partial charge in [0.25, 0.3) is 5.69 Å². The summed E-state index contributed by atoms with van der Waals surface area (Å²) in [6.45, 7) is 1.50. The van der Waals surface area contributed by atoms with Crippen molar-refractivity contribution in [2.24, 2.45) is 5.92 Å². The second-order valence-electron chi connectivity index (χ2n) is 4.30. The van der Waals surface area contributed by atoms with E-state index < -0.39 is 31.4 Å². The van der Waals surface area contributed by atoms with Gasteiger partial charge in [0.2, 0.25) is 10.0 Å². The average Bonchev–Trinajstić information content (AvgIpc) is 2.37. The van der Waals surface area contributed by atoms with Gasteiger partial charge in [0, 0.05) is 25.3 Å². The van der Waals surface area contributed by atoms with E-state index in [1.807, 2.05) is 6.07 Å². The number of nitrogens with zero attached hydrogens (tertiary/aromatic N) is 3. The third-order valence-electron chi connectivity index (χ3n) is 2.62. The van der Waals surface area contributed by atoms with E-state index in [-0.39, 0.29) is 12.2 Å². The molecule has 1 aromatic carbocycles. The topological polar surface area (TPSA) is 130 Å². The Hall–Kier alpha value is -2.18. The van der Waals surface area contributed by atoms with Gasteiger partial charge < -0.3 is 5.73 Å². The molecule has 0 spiro atoms. The van der Waals surface area contributed by atoms with Crippen LogP contribution in [0.4, 0.5) is 11.4 Å². The highest BCUT2D eigenvalue weighted by atomic mass is 32.2. The molecule has 0 aliphatic heterocycles. The summed E-state index contributed by atoms with van der Waals surface area (Å²) < 4.78 is 25.5. The Morgan fingerprint density at radius 3 is 2.65 bits per heavy atom. The van der Waals surface area contributed by atoms with Crippen molar-refractivity contribution in [2.75, 3.05) is 19.3 Å². The van der Waals surface area contributed by atoms with Crippen molar-refractivity contribution < 1.29 is 13.3 Å². The van der Waals surface area contributed by atoms with Gasteiger partial charge in [-0.05, 0) is 19.1 Å². The van der Waals surface area contributed by atoms with Gasteiger partial charge in [0.1, 0.15) is 0 Å². The van der Waals surface area contributed by atoms with Crippen LogP contribution in [0.3, 0.4) is 0 Å². The molecule has 0 saturated carbocycles. The predicted octanol–water partition coefficient (Wildman–Crippen LogP) is 0.957. The second-order valence-corrected chi connectivity index (χ2v) is 6.31. The van der Waals surface area contributed by atoms with E-state index in [9.17, 15) is 18.5 Å². The molecule has 0 radical (unpaired) electrons. The van der Waals surface area contributed by atoms with Gasteiger partial charge in [-0.15, -0.1) is 0 Å². The quantitative estimate of drug-likeness (QED) is 0.489. The molecule has 0 aromatic heterocycles. The van der Waals surface area contributed by atoms with E-state index >= 15 is 0 Å². The van der Waals surface area contributed by atoms with Gasteiger partial charge in [-0.1, -0.05) is 0 Å². The number of hydrogen-bond donors (Lipinski definition) is 1. The van der Waals surface area contributed by atoms with Crippen molar-refractivity contribution in [2.45, 2.75) is 11.8 Å². The smallest absolute Gasteiger partial charge is 0.291 e. The lowest BCUT2D eigenvalue weighted by Gasteiger charge is -2.18. The molecule has 2 N–H and O–H groups in total. The lowest BCUT2D eigenvalue weighted by atomic mass is 10.2. The maximum Gasteiger partial charge on any atom is 0.291 e. The van der Waals surface area contributed by atoms with Crippen LogP contribution in [-0.4, -0.2) is 31.2 Å². The Balaban J connectivity index is 3.29. The highest BCUT2D eigenvalue weighted by Gasteiger charge is 2.30. The van der Waals surface area contributed by atoms with E-state index in [1.165, 1.54) is 13.1 Å². The molecule has 0 saturated heterocycles. The van der Waals surface area contributed by atoms with Gasteiger partial charge in [0.05, 0.1) is 16.9 Å². The van der Waals surface area contributed by atoms with Crippen LogP contribution in [-0.2, 0) is 10.0 Å². The number of benzene rings is 1. The van der Waals surface area contributed by atoms with Gasteiger partial charge >= 0.3 is 0 Å². The Morgan fingerprint density at radius 1 is 1.55 bits per heavy atom. The van der Waals surface area contributed by atoms with Crippen LogP contribution < -0.4 is 5.73 Å². The predicted molar refractivity (Wildman–Crippen MR) is 72.1 cm³/mol. The normalized spacial score (nSPS) is 12.9. The van der Waals surface area contributed by atoms with Crippen molar-refractivity contribution in [1.29, 1.82) is 5.26 Å². The highest BCUT2D eigenvalue weighted by molar-refractivity contribution is 7.89. The lowest BCUT2D eigenvalue weighted by molar-refractivity contribution is -0.387. The van der Waals surface area contributed by atoms with E-state index in [0.717, 1.165) is 16.4 Å². The van der Waals surface area contributed by atoms with Crippen LogP contribution >= 0.6 is 0 Å². The van der Waals surface area contributed by atoms with Crippen molar-refractivity contribution in [3.63, 3.8) is 0 Å². The Labute approximate surface area is 116 Å². The summed E-state index contributed by atoms with van der Waals surface area (Å²) in [6, 6.07) is 5.27. The summed E-state index contributed by atoms with van der Waals surface area (Å²) >= 11 is 0. The van der Waals surface area contributed by atoms with Gasteiger partial charge in [0.15, 0.2) is 4.90 Å². The molecule has 0 bridgehead atoms. The van der Waals surface area contributed by atoms with Gasteiger partial charge in [-0.25, -0.2) is 8.42 Å². The summed E-state index contributed by atoms with van der Waals surface area (Å²) in [5.41, 5.74) is 4.95. The fraction of sp³-hybridized carbons (Fsp3) is 0.364. The first kappa shape index (κ1) is 15.9. The third kappa shape index (κ3) is 3.23. The number of anilines is 1. The molecular weight excluding hydrogens is 284 g/mol. The fourth-order valence-electron chi connectivity index (χ4n) is 1.59. The van der Waals surface area contributed by atoms with E-state index in [2.05, 4.69) is 0 Å². The number of nitrogen functional groups attached to an aromatic ring is 1. The minimum Gasteiger partial charge on any atom is -0.399 e. The molecule has 1 aromatic rings. The summed E-state index contributed by atoms with van der Waals surface area (Å²) in [4.78, 5) is 9.70. The maximum absolute atomic E-state index is 12.3. The van der Waals surface area contributed by atoms with Crippen LogP contribution in [0.15, 0.2) is 23.1 Å². The largest absolute Gasteiger partial charge is 0.399 e. The summed E-state index contributed by atoms with van der Waals surface area (Å²) in [7, 11) is -2.78. The monoisotopic (exact) mass is 298 g/mol. The molecule has 1 rings (SSSR count). The molecular formula is C11H14N4O4S. The Morgan fingerprint density at radius 2 is 2.15 bits per heavy atom. The van der Waals surface area contributed by atoms with Crippen LogP contribution in [0, 0.1) is 27.4 Å². The zero-order chi connectivity index (χ0) is 15.5. The van der Waals surface area contributed by atoms with Crippen LogP contribution in [0.25, 0.3) is 0 Å². The second kappa shape index (κ2) is 5.85. The molecule has 0 fully saturated rings. The first-order chi connectivity index (χ1) is 9.20.